The second kappa shape index (κ2) is 6.81. The zero-order valence-corrected chi connectivity index (χ0v) is 14.6. The highest BCUT2D eigenvalue weighted by Gasteiger charge is 2.11. The molecule has 0 fully saturated rings. The highest BCUT2D eigenvalue weighted by Crippen LogP contribution is 2.21. The molecule has 0 aliphatic heterocycles. The number of rotatable bonds is 4. The molecular weight excluding hydrogens is 314 g/mol. The summed E-state index contributed by atoms with van der Waals surface area (Å²) in [6.45, 7) is 4.18. The van der Waals surface area contributed by atoms with Gasteiger partial charge in [-0.05, 0) is 49.1 Å². The minimum Gasteiger partial charge on any atom is -0.358 e. The van der Waals surface area contributed by atoms with Crippen LogP contribution in [0.15, 0.2) is 48.7 Å². The van der Waals surface area contributed by atoms with Gasteiger partial charge in [-0.1, -0.05) is 23.8 Å². The Kier molecular flexibility index (Phi) is 4.57. The smallest absolute Gasteiger partial charge is 0.255 e. The van der Waals surface area contributed by atoms with E-state index in [9.17, 15) is 9.59 Å². The molecule has 1 heterocycles. The van der Waals surface area contributed by atoms with Crippen molar-refractivity contribution >= 4 is 28.4 Å². The van der Waals surface area contributed by atoms with E-state index in [1.165, 1.54) is 0 Å². The van der Waals surface area contributed by atoms with Crippen molar-refractivity contribution < 1.29 is 9.59 Å². The van der Waals surface area contributed by atoms with Crippen LogP contribution >= 0.6 is 0 Å². The lowest BCUT2D eigenvalue weighted by Crippen LogP contribution is -2.23. The predicted octanol–water partition coefficient (Wildman–Crippen LogP) is 3.26. The Labute approximate surface area is 146 Å². The summed E-state index contributed by atoms with van der Waals surface area (Å²) >= 11 is 0. The van der Waals surface area contributed by atoms with E-state index in [4.69, 9.17) is 0 Å². The number of nitrogens with zero attached hydrogens (tertiary/aromatic N) is 1. The first kappa shape index (κ1) is 16.8. The SMILES string of the molecule is CNC(=O)Cn1ccc2ccc(NC(=O)c3ccc(C)cc3C)cc21. The number of carbonyl (C=O) groups excluding carboxylic acids is 2. The maximum absolute atomic E-state index is 12.5. The van der Waals surface area contributed by atoms with Gasteiger partial charge in [-0.3, -0.25) is 9.59 Å². The van der Waals surface area contributed by atoms with Gasteiger partial charge in [0.1, 0.15) is 6.54 Å². The van der Waals surface area contributed by atoms with Crippen molar-refractivity contribution in [1.82, 2.24) is 9.88 Å². The molecule has 0 radical (unpaired) electrons. The van der Waals surface area contributed by atoms with Gasteiger partial charge in [-0.2, -0.15) is 0 Å². The van der Waals surface area contributed by atoms with Crippen molar-refractivity contribution in [3.05, 3.63) is 65.4 Å². The van der Waals surface area contributed by atoms with Crippen LogP contribution in [0.2, 0.25) is 0 Å². The van der Waals surface area contributed by atoms with E-state index in [2.05, 4.69) is 10.6 Å². The first-order chi connectivity index (χ1) is 12.0. The van der Waals surface area contributed by atoms with Crippen molar-refractivity contribution in [1.29, 1.82) is 0 Å². The molecule has 2 N–H and O–H groups in total. The second-order valence-corrected chi connectivity index (χ2v) is 6.16. The van der Waals surface area contributed by atoms with Crippen LogP contribution in [0.5, 0.6) is 0 Å². The van der Waals surface area contributed by atoms with E-state index in [1.54, 1.807) is 7.05 Å². The number of benzene rings is 2. The summed E-state index contributed by atoms with van der Waals surface area (Å²) in [6.07, 6.45) is 1.87. The van der Waals surface area contributed by atoms with Gasteiger partial charge >= 0.3 is 0 Å². The average Bonchev–Trinajstić information content (AvgIpc) is 2.97. The number of nitrogens with one attached hydrogen (secondary N) is 2. The molecular formula is C20H21N3O2. The van der Waals surface area contributed by atoms with Gasteiger partial charge < -0.3 is 15.2 Å². The number of hydrogen-bond donors (Lipinski definition) is 2. The molecule has 25 heavy (non-hydrogen) atoms. The van der Waals surface area contributed by atoms with Crippen molar-refractivity contribution in [3.8, 4) is 0 Å². The van der Waals surface area contributed by atoms with Gasteiger partial charge in [0.25, 0.3) is 5.91 Å². The summed E-state index contributed by atoms with van der Waals surface area (Å²) in [5.41, 5.74) is 4.34. The van der Waals surface area contributed by atoms with E-state index in [-0.39, 0.29) is 18.4 Å². The standard InChI is InChI=1S/C20H21N3O2/c1-13-4-7-17(14(2)10-13)20(25)22-16-6-5-15-8-9-23(18(15)11-16)12-19(24)21-3/h4-11H,12H2,1-3H3,(H,21,24)(H,22,25). The molecule has 0 aliphatic carbocycles. The molecule has 128 valence electrons. The number of likely N-dealkylation sites (N-methyl/N-ethyl adjacent to an activating group) is 1. The third-order valence-corrected chi connectivity index (χ3v) is 4.25. The topological polar surface area (TPSA) is 63.1 Å². The number of fused-ring (bicyclic) bond motifs is 1. The number of hydrogen-bond acceptors (Lipinski definition) is 2. The van der Waals surface area contributed by atoms with Gasteiger partial charge in [0, 0.05) is 24.5 Å². The first-order valence-electron chi connectivity index (χ1n) is 8.16. The van der Waals surface area contributed by atoms with Gasteiger partial charge in [0.15, 0.2) is 0 Å². The Hall–Kier alpha value is -3.08. The van der Waals surface area contributed by atoms with Gasteiger partial charge in [0.05, 0.1) is 5.52 Å². The Bertz CT molecular complexity index is 957. The first-order valence-corrected chi connectivity index (χ1v) is 8.16. The van der Waals surface area contributed by atoms with Crippen LogP contribution in [0, 0.1) is 13.8 Å². The Morgan fingerprint density at radius 2 is 1.84 bits per heavy atom. The van der Waals surface area contributed by atoms with Crippen LogP contribution in [0.4, 0.5) is 5.69 Å². The molecule has 1 aromatic heterocycles. The quantitative estimate of drug-likeness (QED) is 0.769. The van der Waals surface area contributed by atoms with Crippen molar-refractivity contribution in [2.24, 2.45) is 0 Å². The van der Waals surface area contributed by atoms with Gasteiger partial charge in [-0.25, -0.2) is 0 Å². The highest BCUT2D eigenvalue weighted by molar-refractivity contribution is 6.06. The summed E-state index contributed by atoms with van der Waals surface area (Å²) in [6, 6.07) is 13.4. The fraction of sp³-hybridized carbons (Fsp3) is 0.200. The molecule has 2 amide bonds. The van der Waals surface area contributed by atoms with Gasteiger partial charge in [-0.15, -0.1) is 0 Å². The fourth-order valence-electron chi connectivity index (χ4n) is 2.90. The maximum atomic E-state index is 12.5. The Morgan fingerprint density at radius 1 is 1.04 bits per heavy atom. The molecule has 0 atom stereocenters. The van der Waals surface area contributed by atoms with Crippen LogP contribution < -0.4 is 10.6 Å². The molecule has 0 aliphatic rings. The lowest BCUT2D eigenvalue weighted by atomic mass is 10.1. The summed E-state index contributed by atoms with van der Waals surface area (Å²) in [5.74, 6) is -0.205. The summed E-state index contributed by atoms with van der Waals surface area (Å²) in [5, 5.41) is 6.58. The number of aryl methyl sites for hydroxylation is 2. The van der Waals surface area contributed by atoms with Crippen molar-refractivity contribution in [3.63, 3.8) is 0 Å². The van der Waals surface area contributed by atoms with Crippen LogP contribution in [0.3, 0.4) is 0 Å². The third kappa shape index (κ3) is 3.55. The number of anilines is 1. The normalized spacial score (nSPS) is 10.7. The molecule has 0 spiro atoms. The van der Waals surface area contributed by atoms with Crippen molar-refractivity contribution in [2.45, 2.75) is 20.4 Å². The van der Waals surface area contributed by atoms with Crippen molar-refractivity contribution in [2.75, 3.05) is 12.4 Å². The van der Waals surface area contributed by atoms with Crippen LogP contribution in [-0.4, -0.2) is 23.4 Å². The molecule has 3 rings (SSSR count). The minimum absolute atomic E-state index is 0.0674. The number of amides is 2. The van der Waals surface area contributed by atoms with E-state index >= 15 is 0 Å². The van der Waals surface area contributed by atoms with E-state index in [0.29, 0.717) is 11.3 Å². The highest BCUT2D eigenvalue weighted by atomic mass is 16.2. The van der Waals surface area contributed by atoms with Gasteiger partial charge in [0.2, 0.25) is 5.91 Å². The summed E-state index contributed by atoms with van der Waals surface area (Å²) in [4.78, 5) is 24.2. The lowest BCUT2D eigenvalue weighted by molar-refractivity contribution is -0.121. The molecule has 3 aromatic rings. The van der Waals surface area contributed by atoms with E-state index in [1.807, 2.05) is 67.1 Å². The lowest BCUT2D eigenvalue weighted by Gasteiger charge is -2.10. The third-order valence-electron chi connectivity index (χ3n) is 4.25. The van der Waals surface area contributed by atoms with E-state index in [0.717, 1.165) is 22.0 Å². The Balaban J connectivity index is 1.87. The second-order valence-electron chi connectivity index (χ2n) is 6.16. The molecule has 5 heteroatoms. The van der Waals surface area contributed by atoms with Crippen LogP contribution in [-0.2, 0) is 11.3 Å². The molecule has 0 saturated heterocycles. The largest absolute Gasteiger partial charge is 0.358 e. The average molecular weight is 335 g/mol. The van der Waals surface area contributed by atoms with Crippen LogP contribution in [0.25, 0.3) is 10.9 Å². The monoisotopic (exact) mass is 335 g/mol. The fourth-order valence-corrected chi connectivity index (χ4v) is 2.90. The molecule has 5 nitrogen and oxygen atoms in total. The molecule has 0 saturated carbocycles. The zero-order chi connectivity index (χ0) is 18.0. The minimum atomic E-state index is -0.138. The maximum Gasteiger partial charge on any atom is 0.255 e. The Morgan fingerprint density at radius 3 is 2.56 bits per heavy atom. The predicted molar refractivity (Wildman–Crippen MR) is 99.9 cm³/mol. The molecule has 0 bridgehead atoms. The molecule has 2 aromatic carbocycles. The van der Waals surface area contributed by atoms with E-state index < -0.39 is 0 Å². The summed E-state index contributed by atoms with van der Waals surface area (Å²) < 4.78 is 1.86. The summed E-state index contributed by atoms with van der Waals surface area (Å²) in [7, 11) is 1.61. The zero-order valence-electron chi connectivity index (χ0n) is 14.6. The van der Waals surface area contributed by atoms with Crippen LogP contribution in [0.1, 0.15) is 21.5 Å². The molecule has 0 unspecified atom stereocenters. The number of carbonyl (C=O) groups is 2. The number of aromatic nitrogens is 1.